The molecule has 1 unspecified atom stereocenters. The molecule has 0 saturated carbocycles. The van der Waals surface area contributed by atoms with E-state index in [1.807, 2.05) is 23.5 Å². The van der Waals surface area contributed by atoms with E-state index in [9.17, 15) is 0 Å². The SMILES string of the molecule is COc1ccc(Br)cc1CCc1sccc1C1=NCCC(C)CC1. The summed E-state index contributed by atoms with van der Waals surface area (Å²) in [6, 6.07) is 8.48. The van der Waals surface area contributed by atoms with Gasteiger partial charge >= 0.3 is 0 Å². The minimum Gasteiger partial charge on any atom is -0.496 e. The van der Waals surface area contributed by atoms with Crippen molar-refractivity contribution >= 4 is 33.0 Å². The monoisotopic (exact) mass is 405 g/mol. The minimum absolute atomic E-state index is 0.791. The molecule has 24 heavy (non-hydrogen) atoms. The second-order valence-electron chi connectivity index (χ2n) is 6.47. The number of hydrogen-bond acceptors (Lipinski definition) is 3. The number of nitrogens with zero attached hydrogens (tertiary/aromatic N) is 1. The molecule has 0 spiro atoms. The van der Waals surface area contributed by atoms with Crippen molar-refractivity contribution in [2.45, 2.75) is 39.0 Å². The summed E-state index contributed by atoms with van der Waals surface area (Å²) in [4.78, 5) is 6.32. The number of halogens is 1. The summed E-state index contributed by atoms with van der Waals surface area (Å²) in [5.74, 6) is 1.76. The summed E-state index contributed by atoms with van der Waals surface area (Å²) in [6.07, 6.45) is 5.62. The van der Waals surface area contributed by atoms with Crippen LogP contribution in [-0.2, 0) is 12.8 Å². The molecule has 128 valence electrons. The summed E-state index contributed by atoms with van der Waals surface area (Å²) in [6.45, 7) is 3.32. The fourth-order valence-corrected chi connectivity index (χ4v) is 4.54. The third-order valence-electron chi connectivity index (χ3n) is 4.72. The van der Waals surface area contributed by atoms with Gasteiger partial charge in [0.05, 0.1) is 7.11 Å². The Hall–Kier alpha value is -1.13. The predicted molar refractivity (Wildman–Crippen MR) is 107 cm³/mol. The minimum atomic E-state index is 0.791. The molecule has 0 radical (unpaired) electrons. The highest BCUT2D eigenvalue weighted by Gasteiger charge is 2.16. The van der Waals surface area contributed by atoms with Gasteiger partial charge in [-0.15, -0.1) is 11.3 Å². The van der Waals surface area contributed by atoms with Crippen molar-refractivity contribution in [3.8, 4) is 5.75 Å². The number of rotatable bonds is 5. The number of aryl methyl sites for hydroxylation is 2. The van der Waals surface area contributed by atoms with Crippen LogP contribution in [0, 0.1) is 5.92 Å². The number of methoxy groups -OCH3 is 1. The van der Waals surface area contributed by atoms with E-state index in [2.05, 4.69) is 40.4 Å². The van der Waals surface area contributed by atoms with Crippen LogP contribution in [0.3, 0.4) is 0 Å². The number of hydrogen-bond donors (Lipinski definition) is 0. The molecule has 2 aromatic rings. The van der Waals surface area contributed by atoms with Gasteiger partial charge in [-0.3, -0.25) is 4.99 Å². The lowest BCUT2D eigenvalue weighted by atomic mass is 9.98. The van der Waals surface area contributed by atoms with Crippen LogP contribution in [0.5, 0.6) is 5.75 Å². The van der Waals surface area contributed by atoms with Crippen LogP contribution in [0.25, 0.3) is 0 Å². The first-order valence-electron chi connectivity index (χ1n) is 8.60. The van der Waals surface area contributed by atoms with Gasteiger partial charge in [0.25, 0.3) is 0 Å². The van der Waals surface area contributed by atoms with E-state index >= 15 is 0 Å². The van der Waals surface area contributed by atoms with Gasteiger partial charge in [-0.05, 0) is 73.2 Å². The molecule has 0 bridgehead atoms. The van der Waals surface area contributed by atoms with Crippen molar-refractivity contribution in [3.05, 3.63) is 50.1 Å². The predicted octanol–water partition coefficient (Wildman–Crippen LogP) is 5.91. The zero-order valence-electron chi connectivity index (χ0n) is 14.3. The third kappa shape index (κ3) is 4.28. The van der Waals surface area contributed by atoms with Crippen LogP contribution in [0.2, 0.25) is 0 Å². The molecule has 0 saturated heterocycles. The number of benzene rings is 1. The van der Waals surface area contributed by atoms with E-state index in [0.29, 0.717) is 0 Å². The van der Waals surface area contributed by atoms with Crippen molar-refractivity contribution in [1.29, 1.82) is 0 Å². The van der Waals surface area contributed by atoms with Crippen LogP contribution in [0.1, 0.15) is 42.2 Å². The maximum absolute atomic E-state index is 5.50. The molecule has 1 aliphatic heterocycles. The van der Waals surface area contributed by atoms with E-state index in [1.54, 1.807) is 7.11 Å². The van der Waals surface area contributed by atoms with Gasteiger partial charge in [0.2, 0.25) is 0 Å². The summed E-state index contributed by atoms with van der Waals surface area (Å²) < 4.78 is 6.61. The first-order valence-corrected chi connectivity index (χ1v) is 10.3. The van der Waals surface area contributed by atoms with E-state index in [1.165, 1.54) is 34.6 Å². The highest BCUT2D eigenvalue weighted by Crippen LogP contribution is 2.28. The first-order chi connectivity index (χ1) is 11.7. The Morgan fingerprint density at radius 3 is 2.96 bits per heavy atom. The van der Waals surface area contributed by atoms with Gasteiger partial charge in [-0.1, -0.05) is 22.9 Å². The molecular formula is C20H24BrNOS. The fraction of sp³-hybridized carbons (Fsp3) is 0.450. The lowest BCUT2D eigenvalue weighted by molar-refractivity contribution is 0.409. The molecule has 1 aromatic heterocycles. The van der Waals surface area contributed by atoms with Gasteiger partial charge in [-0.2, -0.15) is 0 Å². The summed E-state index contributed by atoms with van der Waals surface area (Å²) in [7, 11) is 1.74. The highest BCUT2D eigenvalue weighted by atomic mass is 79.9. The number of aliphatic imine (C=N–C) groups is 1. The first kappa shape index (κ1) is 17.7. The average molecular weight is 406 g/mol. The van der Waals surface area contributed by atoms with Gasteiger partial charge in [0, 0.05) is 27.2 Å². The number of thiophene rings is 1. The molecule has 0 amide bonds. The van der Waals surface area contributed by atoms with E-state index in [-0.39, 0.29) is 0 Å². The molecule has 2 nitrogen and oxygen atoms in total. The lowest BCUT2D eigenvalue weighted by Crippen LogP contribution is -2.04. The van der Waals surface area contributed by atoms with Gasteiger partial charge in [0.1, 0.15) is 5.75 Å². The second-order valence-corrected chi connectivity index (χ2v) is 8.39. The summed E-state index contributed by atoms with van der Waals surface area (Å²) in [5, 5.41) is 2.21. The standard InChI is InChI=1S/C20H24BrNOS/c1-14-3-6-18(22-11-9-14)17-10-12-24-20(17)8-4-15-13-16(21)5-7-19(15)23-2/h5,7,10,12-14H,3-4,6,8-9,11H2,1-2H3. The molecule has 4 heteroatoms. The van der Waals surface area contributed by atoms with Crippen LogP contribution in [0.4, 0.5) is 0 Å². The molecule has 2 heterocycles. The largest absolute Gasteiger partial charge is 0.496 e. The van der Waals surface area contributed by atoms with E-state index in [4.69, 9.17) is 9.73 Å². The zero-order valence-corrected chi connectivity index (χ0v) is 16.8. The Morgan fingerprint density at radius 2 is 2.12 bits per heavy atom. The molecule has 0 N–H and O–H groups in total. The van der Waals surface area contributed by atoms with Crippen molar-refractivity contribution in [2.24, 2.45) is 10.9 Å². The highest BCUT2D eigenvalue weighted by molar-refractivity contribution is 9.10. The second kappa shape index (κ2) is 8.30. The van der Waals surface area contributed by atoms with Crippen molar-refractivity contribution in [2.75, 3.05) is 13.7 Å². The Kier molecular flexibility index (Phi) is 6.12. The van der Waals surface area contributed by atoms with Crippen LogP contribution >= 0.6 is 27.3 Å². The maximum Gasteiger partial charge on any atom is 0.122 e. The van der Waals surface area contributed by atoms with Crippen LogP contribution in [0.15, 0.2) is 39.1 Å². The molecule has 1 aliphatic rings. The maximum atomic E-state index is 5.50. The van der Waals surface area contributed by atoms with Gasteiger partial charge in [0.15, 0.2) is 0 Å². The fourth-order valence-electron chi connectivity index (χ4n) is 3.23. The summed E-state index contributed by atoms with van der Waals surface area (Å²) in [5.41, 5.74) is 3.95. The Morgan fingerprint density at radius 1 is 1.25 bits per heavy atom. The average Bonchev–Trinajstić information content (AvgIpc) is 2.94. The summed E-state index contributed by atoms with van der Waals surface area (Å²) >= 11 is 5.42. The molecule has 3 rings (SSSR count). The third-order valence-corrected chi connectivity index (χ3v) is 6.19. The van der Waals surface area contributed by atoms with E-state index in [0.717, 1.165) is 41.9 Å². The molecule has 0 fully saturated rings. The Bertz CT molecular complexity index is 722. The van der Waals surface area contributed by atoms with Gasteiger partial charge in [-0.25, -0.2) is 0 Å². The topological polar surface area (TPSA) is 21.6 Å². The van der Waals surface area contributed by atoms with Crippen LogP contribution in [-0.4, -0.2) is 19.4 Å². The number of ether oxygens (including phenoxy) is 1. The molecule has 1 aromatic carbocycles. The molecule has 0 aliphatic carbocycles. The van der Waals surface area contributed by atoms with Crippen molar-refractivity contribution in [3.63, 3.8) is 0 Å². The zero-order chi connectivity index (χ0) is 16.9. The lowest BCUT2D eigenvalue weighted by Gasteiger charge is -2.10. The van der Waals surface area contributed by atoms with Gasteiger partial charge < -0.3 is 4.74 Å². The molecular weight excluding hydrogens is 382 g/mol. The smallest absolute Gasteiger partial charge is 0.122 e. The van der Waals surface area contributed by atoms with Crippen molar-refractivity contribution < 1.29 is 4.74 Å². The molecule has 1 atom stereocenters. The van der Waals surface area contributed by atoms with Crippen molar-refractivity contribution in [1.82, 2.24) is 0 Å². The normalized spacial score (nSPS) is 18.1. The van der Waals surface area contributed by atoms with Crippen LogP contribution < -0.4 is 4.74 Å². The van der Waals surface area contributed by atoms with E-state index < -0.39 is 0 Å². The quantitative estimate of drug-likeness (QED) is 0.605. The Labute approximate surface area is 157 Å². The Balaban J connectivity index is 1.75.